The number of fused-ring (bicyclic) bond motifs is 1. The van der Waals surface area contributed by atoms with Gasteiger partial charge in [-0.2, -0.15) is 11.8 Å². The van der Waals surface area contributed by atoms with E-state index in [-0.39, 0.29) is 17.0 Å². The van der Waals surface area contributed by atoms with E-state index in [0.717, 1.165) is 11.1 Å². The van der Waals surface area contributed by atoms with Crippen molar-refractivity contribution in [1.29, 1.82) is 0 Å². The van der Waals surface area contributed by atoms with E-state index in [1.165, 1.54) is 6.07 Å². The lowest BCUT2D eigenvalue weighted by Gasteiger charge is -2.19. The highest BCUT2D eigenvalue weighted by atomic mass is 32.2. The largest absolute Gasteiger partial charge is 0.493 e. The minimum Gasteiger partial charge on any atom is -0.493 e. The summed E-state index contributed by atoms with van der Waals surface area (Å²) in [4.78, 5) is 14.7. The van der Waals surface area contributed by atoms with Gasteiger partial charge in [-0.05, 0) is 24.6 Å². The molecule has 1 saturated heterocycles. The van der Waals surface area contributed by atoms with Crippen molar-refractivity contribution in [3.8, 4) is 5.75 Å². The lowest BCUT2D eigenvalue weighted by molar-refractivity contribution is 0.0737. The Labute approximate surface area is 161 Å². The summed E-state index contributed by atoms with van der Waals surface area (Å²) in [5.74, 6) is 1.36. The Morgan fingerprint density at radius 3 is 2.89 bits per heavy atom. The molecule has 0 spiro atoms. The predicted octanol–water partition coefficient (Wildman–Crippen LogP) is 4.90. The summed E-state index contributed by atoms with van der Waals surface area (Å²) in [5, 5.41) is 0.894. The summed E-state index contributed by atoms with van der Waals surface area (Å²) >= 11 is 1.69. The van der Waals surface area contributed by atoms with Crippen LogP contribution in [0.3, 0.4) is 0 Å². The number of thioether (sulfide) groups is 1. The Balaban J connectivity index is 1.52. The van der Waals surface area contributed by atoms with Crippen LogP contribution < -0.4 is 4.74 Å². The number of para-hydroxylation sites is 1. The number of hydrogen-bond donors (Lipinski definition) is 0. The average molecular weight is 385 g/mol. The van der Waals surface area contributed by atoms with Gasteiger partial charge in [0.15, 0.2) is 17.1 Å². The molecule has 1 aromatic heterocycles. The van der Waals surface area contributed by atoms with Gasteiger partial charge in [0.1, 0.15) is 5.82 Å². The monoisotopic (exact) mass is 385 g/mol. The van der Waals surface area contributed by atoms with Crippen molar-refractivity contribution in [3.63, 3.8) is 0 Å². The van der Waals surface area contributed by atoms with Crippen LogP contribution in [0.2, 0.25) is 0 Å². The van der Waals surface area contributed by atoms with Gasteiger partial charge in [0.05, 0.1) is 7.11 Å². The van der Waals surface area contributed by atoms with E-state index in [1.807, 2.05) is 30.3 Å². The van der Waals surface area contributed by atoms with Crippen LogP contribution in [0.5, 0.6) is 5.75 Å². The summed E-state index contributed by atoms with van der Waals surface area (Å²) in [7, 11) is 1.58. The van der Waals surface area contributed by atoms with Gasteiger partial charge in [-0.15, -0.1) is 0 Å². The van der Waals surface area contributed by atoms with Crippen LogP contribution in [-0.4, -0.2) is 36.8 Å². The molecule has 1 atom stereocenters. The molecule has 2 aromatic carbocycles. The molecule has 1 fully saturated rings. The molecule has 140 valence electrons. The quantitative estimate of drug-likeness (QED) is 0.643. The number of nitrogens with zero attached hydrogens (tertiary/aromatic N) is 1. The van der Waals surface area contributed by atoms with E-state index in [1.54, 1.807) is 35.9 Å². The summed E-state index contributed by atoms with van der Waals surface area (Å²) < 4.78 is 25.2. The average Bonchev–Trinajstić information content (AvgIpc) is 2.98. The number of benzene rings is 2. The normalized spacial score (nSPS) is 17.7. The third-order valence-electron chi connectivity index (χ3n) is 4.82. The Kier molecular flexibility index (Phi) is 5.07. The maximum Gasteiger partial charge on any atom is 0.289 e. The number of rotatable bonds is 3. The number of hydrogen-bond acceptors (Lipinski definition) is 4. The van der Waals surface area contributed by atoms with Crippen LogP contribution in [-0.2, 0) is 0 Å². The van der Waals surface area contributed by atoms with E-state index in [4.69, 9.17) is 9.15 Å². The van der Waals surface area contributed by atoms with Crippen LogP contribution in [0.1, 0.15) is 27.8 Å². The maximum atomic E-state index is 14.1. The standard InChI is InChI=1S/C21H20FNO3S/c1-25-17-8-4-5-14-13-18(26-20(14)17)21(24)23-10-9-19(27-12-11-23)15-6-2-3-7-16(15)22/h2-8,13,19H,9-12H2,1H3. The molecule has 3 aromatic rings. The number of ether oxygens (including phenoxy) is 1. The molecule has 6 heteroatoms. The molecule has 0 bridgehead atoms. The predicted molar refractivity (Wildman–Crippen MR) is 105 cm³/mol. The number of carbonyl (C=O) groups excluding carboxylic acids is 1. The fourth-order valence-electron chi connectivity index (χ4n) is 3.42. The molecule has 1 unspecified atom stereocenters. The molecule has 4 nitrogen and oxygen atoms in total. The van der Waals surface area contributed by atoms with Crippen molar-refractivity contribution in [2.75, 3.05) is 26.0 Å². The minimum atomic E-state index is -0.181. The number of halogens is 1. The minimum absolute atomic E-state index is 0.0553. The van der Waals surface area contributed by atoms with Gasteiger partial charge in [-0.25, -0.2) is 4.39 Å². The highest BCUT2D eigenvalue weighted by Gasteiger charge is 2.26. The SMILES string of the molecule is COc1cccc2cc(C(=O)N3CCSC(c4ccccc4F)CC3)oc12. The first-order valence-electron chi connectivity index (χ1n) is 8.89. The Bertz CT molecular complexity index is 971. The fourth-order valence-corrected chi connectivity index (χ4v) is 4.67. The van der Waals surface area contributed by atoms with E-state index in [9.17, 15) is 9.18 Å². The van der Waals surface area contributed by atoms with Crippen molar-refractivity contribution in [1.82, 2.24) is 4.90 Å². The molecule has 0 radical (unpaired) electrons. The molecule has 27 heavy (non-hydrogen) atoms. The van der Waals surface area contributed by atoms with Gasteiger partial charge in [-0.3, -0.25) is 4.79 Å². The van der Waals surface area contributed by atoms with Gasteiger partial charge in [0, 0.05) is 35.0 Å². The summed E-state index contributed by atoms with van der Waals surface area (Å²) in [6.07, 6.45) is 0.709. The van der Waals surface area contributed by atoms with Crippen LogP contribution in [0, 0.1) is 5.82 Å². The zero-order valence-electron chi connectivity index (χ0n) is 15.0. The molecule has 1 aliphatic rings. The van der Waals surface area contributed by atoms with Crippen LogP contribution >= 0.6 is 11.8 Å². The van der Waals surface area contributed by atoms with Gasteiger partial charge in [-0.1, -0.05) is 30.3 Å². The lowest BCUT2D eigenvalue weighted by atomic mass is 10.1. The molecule has 0 saturated carbocycles. The summed E-state index contributed by atoms with van der Waals surface area (Å²) in [6, 6.07) is 14.2. The van der Waals surface area contributed by atoms with E-state index >= 15 is 0 Å². The highest BCUT2D eigenvalue weighted by Crippen LogP contribution is 2.36. The van der Waals surface area contributed by atoms with Crippen molar-refractivity contribution < 1.29 is 18.3 Å². The first-order valence-corrected chi connectivity index (χ1v) is 9.94. The fraction of sp³-hybridized carbons (Fsp3) is 0.286. The van der Waals surface area contributed by atoms with Crippen molar-refractivity contribution in [2.45, 2.75) is 11.7 Å². The Morgan fingerprint density at radius 1 is 1.22 bits per heavy atom. The van der Waals surface area contributed by atoms with E-state index < -0.39 is 0 Å². The second-order valence-electron chi connectivity index (χ2n) is 6.45. The first kappa shape index (κ1) is 17.9. The van der Waals surface area contributed by atoms with E-state index in [2.05, 4.69) is 0 Å². The number of methoxy groups -OCH3 is 1. The molecule has 2 heterocycles. The van der Waals surface area contributed by atoms with Gasteiger partial charge < -0.3 is 14.1 Å². The van der Waals surface area contributed by atoms with Crippen LogP contribution in [0.4, 0.5) is 4.39 Å². The zero-order chi connectivity index (χ0) is 18.8. The zero-order valence-corrected chi connectivity index (χ0v) is 15.8. The second kappa shape index (κ2) is 7.64. The van der Waals surface area contributed by atoms with Crippen LogP contribution in [0.25, 0.3) is 11.0 Å². The maximum absolute atomic E-state index is 14.1. The molecule has 0 aliphatic carbocycles. The molecular formula is C21H20FNO3S. The van der Waals surface area contributed by atoms with E-state index in [0.29, 0.717) is 42.2 Å². The van der Waals surface area contributed by atoms with Gasteiger partial charge >= 0.3 is 0 Å². The van der Waals surface area contributed by atoms with Crippen molar-refractivity contribution >= 4 is 28.6 Å². The second-order valence-corrected chi connectivity index (χ2v) is 7.76. The Morgan fingerprint density at radius 2 is 2.07 bits per heavy atom. The highest BCUT2D eigenvalue weighted by molar-refractivity contribution is 7.99. The molecule has 0 N–H and O–H groups in total. The smallest absolute Gasteiger partial charge is 0.289 e. The van der Waals surface area contributed by atoms with Crippen LogP contribution in [0.15, 0.2) is 52.9 Å². The van der Waals surface area contributed by atoms with Gasteiger partial charge in [0.2, 0.25) is 0 Å². The number of carbonyl (C=O) groups is 1. The Hall–Kier alpha value is -2.47. The van der Waals surface area contributed by atoms with Gasteiger partial charge in [0.25, 0.3) is 5.91 Å². The van der Waals surface area contributed by atoms with Crippen molar-refractivity contribution in [2.24, 2.45) is 0 Å². The summed E-state index contributed by atoms with van der Waals surface area (Å²) in [5.41, 5.74) is 1.29. The first-order chi connectivity index (χ1) is 13.2. The number of furan rings is 1. The summed E-state index contributed by atoms with van der Waals surface area (Å²) in [6.45, 7) is 1.18. The third kappa shape index (κ3) is 3.54. The number of amides is 1. The molecule has 1 aliphatic heterocycles. The molecular weight excluding hydrogens is 365 g/mol. The lowest BCUT2D eigenvalue weighted by Crippen LogP contribution is -2.32. The van der Waals surface area contributed by atoms with Crippen molar-refractivity contribution in [3.05, 3.63) is 65.7 Å². The third-order valence-corrected chi connectivity index (χ3v) is 6.13. The molecule has 4 rings (SSSR count). The molecule has 1 amide bonds. The topological polar surface area (TPSA) is 42.7 Å².